The fourth-order valence-corrected chi connectivity index (χ4v) is 1.24. The van der Waals surface area contributed by atoms with Crippen LogP contribution in [-0.4, -0.2) is 34.5 Å². The fraction of sp³-hybridized carbons (Fsp3) is 1.00. The Bertz CT molecular complexity index is 141. The number of aliphatic hydroxyl groups excluding tert-OH is 1. The van der Waals surface area contributed by atoms with Crippen molar-refractivity contribution in [2.75, 3.05) is 6.54 Å². The summed E-state index contributed by atoms with van der Waals surface area (Å²) in [5.74, 6) is 0. The molecule has 1 saturated carbocycles. The molecular formula is C9H19NO2. The Morgan fingerprint density at radius 2 is 2.08 bits per heavy atom. The largest absolute Gasteiger partial charge is 0.393 e. The first kappa shape index (κ1) is 9.96. The molecule has 1 unspecified atom stereocenters. The van der Waals surface area contributed by atoms with Crippen LogP contribution < -0.4 is 5.32 Å². The molecule has 0 aromatic carbocycles. The Morgan fingerprint density at radius 3 is 2.50 bits per heavy atom. The van der Waals surface area contributed by atoms with Gasteiger partial charge in [-0.15, -0.1) is 0 Å². The maximum Gasteiger partial charge on any atom is 0.0741 e. The molecule has 1 atom stereocenters. The molecule has 0 spiro atoms. The van der Waals surface area contributed by atoms with E-state index >= 15 is 0 Å². The van der Waals surface area contributed by atoms with Gasteiger partial charge in [-0.2, -0.15) is 0 Å². The van der Waals surface area contributed by atoms with Crippen LogP contribution in [-0.2, 0) is 0 Å². The van der Waals surface area contributed by atoms with E-state index in [2.05, 4.69) is 5.32 Å². The van der Waals surface area contributed by atoms with Gasteiger partial charge in [-0.3, -0.25) is 0 Å². The highest BCUT2D eigenvalue weighted by Gasteiger charge is 2.28. The van der Waals surface area contributed by atoms with Crippen LogP contribution in [0.4, 0.5) is 0 Å². The summed E-state index contributed by atoms with van der Waals surface area (Å²) in [6.45, 7) is 4.42. The maximum atomic E-state index is 9.63. The minimum Gasteiger partial charge on any atom is -0.393 e. The van der Waals surface area contributed by atoms with Crippen LogP contribution in [0.1, 0.15) is 33.1 Å². The van der Waals surface area contributed by atoms with Crippen molar-refractivity contribution in [1.82, 2.24) is 5.32 Å². The van der Waals surface area contributed by atoms with Crippen molar-refractivity contribution in [2.45, 2.75) is 50.9 Å². The predicted molar refractivity (Wildman–Crippen MR) is 47.9 cm³/mol. The molecule has 0 aliphatic heterocycles. The van der Waals surface area contributed by atoms with E-state index in [4.69, 9.17) is 5.11 Å². The molecule has 3 nitrogen and oxygen atoms in total. The lowest BCUT2D eigenvalue weighted by atomic mass is 9.89. The third kappa shape index (κ3) is 2.73. The third-order valence-electron chi connectivity index (χ3n) is 2.65. The Labute approximate surface area is 73.8 Å². The second-order valence-electron chi connectivity index (χ2n) is 4.05. The molecule has 3 heteroatoms. The van der Waals surface area contributed by atoms with Crippen molar-refractivity contribution < 1.29 is 10.2 Å². The summed E-state index contributed by atoms with van der Waals surface area (Å²) >= 11 is 0. The van der Waals surface area contributed by atoms with Gasteiger partial charge in [0.05, 0.1) is 11.7 Å². The second kappa shape index (κ2) is 3.73. The molecule has 0 bridgehead atoms. The molecule has 1 aliphatic carbocycles. The van der Waals surface area contributed by atoms with Gasteiger partial charge in [-0.1, -0.05) is 6.92 Å². The maximum absolute atomic E-state index is 9.63. The van der Waals surface area contributed by atoms with Crippen molar-refractivity contribution >= 4 is 0 Å². The van der Waals surface area contributed by atoms with Crippen molar-refractivity contribution in [3.63, 3.8) is 0 Å². The van der Waals surface area contributed by atoms with Crippen LogP contribution in [0.3, 0.4) is 0 Å². The quantitative estimate of drug-likeness (QED) is 0.571. The van der Waals surface area contributed by atoms with E-state index < -0.39 is 5.60 Å². The van der Waals surface area contributed by atoms with Gasteiger partial charge in [-0.25, -0.2) is 0 Å². The van der Waals surface area contributed by atoms with Crippen LogP contribution in [0.5, 0.6) is 0 Å². The zero-order valence-electron chi connectivity index (χ0n) is 7.88. The normalized spacial score (nSPS) is 34.0. The first-order valence-electron chi connectivity index (χ1n) is 4.67. The van der Waals surface area contributed by atoms with Crippen LogP contribution in [0.25, 0.3) is 0 Å². The smallest absolute Gasteiger partial charge is 0.0741 e. The number of hydrogen-bond donors (Lipinski definition) is 3. The molecule has 72 valence electrons. The number of aliphatic hydroxyl groups is 2. The molecule has 0 saturated heterocycles. The standard InChI is InChI=1S/C9H19NO2/c1-3-9(2,12)6-10-7-4-8(11)5-7/h7-8,10-12H,3-6H2,1-2H3. The van der Waals surface area contributed by atoms with Crippen molar-refractivity contribution in [3.05, 3.63) is 0 Å². The van der Waals surface area contributed by atoms with E-state index in [-0.39, 0.29) is 6.10 Å². The van der Waals surface area contributed by atoms with Gasteiger partial charge in [-0.05, 0) is 26.2 Å². The van der Waals surface area contributed by atoms with Crippen molar-refractivity contribution in [2.24, 2.45) is 0 Å². The van der Waals surface area contributed by atoms with Crippen LogP contribution in [0.15, 0.2) is 0 Å². The highest BCUT2D eigenvalue weighted by Crippen LogP contribution is 2.20. The fourth-order valence-electron chi connectivity index (χ4n) is 1.24. The molecule has 0 heterocycles. The molecular weight excluding hydrogens is 154 g/mol. The average molecular weight is 173 g/mol. The minimum absolute atomic E-state index is 0.117. The average Bonchev–Trinajstić information content (AvgIpc) is 1.96. The van der Waals surface area contributed by atoms with E-state index in [1.54, 1.807) is 0 Å². The Hall–Kier alpha value is -0.120. The van der Waals surface area contributed by atoms with E-state index in [1.807, 2.05) is 13.8 Å². The first-order valence-corrected chi connectivity index (χ1v) is 4.67. The monoisotopic (exact) mass is 173 g/mol. The van der Waals surface area contributed by atoms with Gasteiger partial charge in [0.2, 0.25) is 0 Å². The first-order chi connectivity index (χ1) is 5.53. The molecule has 1 aliphatic rings. The highest BCUT2D eigenvalue weighted by molar-refractivity contribution is 4.86. The lowest BCUT2D eigenvalue weighted by Crippen LogP contribution is -2.49. The molecule has 1 rings (SSSR count). The molecule has 0 aromatic rings. The van der Waals surface area contributed by atoms with E-state index in [0.29, 0.717) is 12.6 Å². The molecule has 0 aromatic heterocycles. The summed E-state index contributed by atoms with van der Waals surface area (Å²) in [4.78, 5) is 0. The topological polar surface area (TPSA) is 52.5 Å². The lowest BCUT2D eigenvalue weighted by molar-refractivity contribution is 0.0256. The Kier molecular flexibility index (Phi) is 3.09. The minimum atomic E-state index is -0.597. The zero-order valence-corrected chi connectivity index (χ0v) is 7.88. The van der Waals surface area contributed by atoms with Gasteiger partial charge in [0.1, 0.15) is 0 Å². The zero-order chi connectivity index (χ0) is 9.19. The molecule has 12 heavy (non-hydrogen) atoms. The van der Waals surface area contributed by atoms with Gasteiger partial charge >= 0.3 is 0 Å². The van der Waals surface area contributed by atoms with Crippen molar-refractivity contribution in [3.8, 4) is 0 Å². The highest BCUT2D eigenvalue weighted by atomic mass is 16.3. The lowest BCUT2D eigenvalue weighted by Gasteiger charge is -2.34. The summed E-state index contributed by atoms with van der Waals surface area (Å²) < 4.78 is 0. The SMILES string of the molecule is CCC(C)(O)CNC1CC(O)C1. The third-order valence-corrected chi connectivity index (χ3v) is 2.65. The second-order valence-corrected chi connectivity index (χ2v) is 4.05. The molecule has 0 amide bonds. The summed E-state index contributed by atoms with van der Waals surface area (Å²) in [5, 5.41) is 21.9. The number of hydrogen-bond acceptors (Lipinski definition) is 3. The van der Waals surface area contributed by atoms with Crippen LogP contribution in [0.2, 0.25) is 0 Å². The van der Waals surface area contributed by atoms with Gasteiger partial charge in [0.15, 0.2) is 0 Å². The summed E-state index contributed by atoms with van der Waals surface area (Å²) in [6, 6.07) is 0.415. The summed E-state index contributed by atoms with van der Waals surface area (Å²) in [5.41, 5.74) is -0.597. The van der Waals surface area contributed by atoms with E-state index in [0.717, 1.165) is 19.3 Å². The van der Waals surface area contributed by atoms with Crippen molar-refractivity contribution in [1.29, 1.82) is 0 Å². The number of nitrogens with one attached hydrogen (secondary N) is 1. The molecule has 0 radical (unpaired) electrons. The Balaban J connectivity index is 2.10. The van der Waals surface area contributed by atoms with Gasteiger partial charge in [0, 0.05) is 12.6 Å². The summed E-state index contributed by atoms with van der Waals surface area (Å²) in [6.07, 6.45) is 2.31. The van der Waals surface area contributed by atoms with Crippen LogP contribution >= 0.6 is 0 Å². The van der Waals surface area contributed by atoms with Gasteiger partial charge in [0.25, 0.3) is 0 Å². The molecule has 1 fully saturated rings. The Morgan fingerprint density at radius 1 is 1.50 bits per heavy atom. The number of rotatable bonds is 4. The van der Waals surface area contributed by atoms with E-state index in [1.165, 1.54) is 0 Å². The molecule has 3 N–H and O–H groups in total. The van der Waals surface area contributed by atoms with Crippen LogP contribution in [0, 0.1) is 0 Å². The predicted octanol–water partition coefficient (Wildman–Crippen LogP) is 0.260. The van der Waals surface area contributed by atoms with Gasteiger partial charge < -0.3 is 15.5 Å². The van der Waals surface area contributed by atoms with E-state index in [9.17, 15) is 5.11 Å². The summed E-state index contributed by atoms with van der Waals surface area (Å²) in [7, 11) is 0.